The molecule has 8 nitrogen and oxygen atoms in total. The molecule has 0 aromatic heterocycles. The molecule has 4 rings (SSSR count). The second kappa shape index (κ2) is 7.08. The number of nitrogens with zero attached hydrogens (tertiary/aromatic N) is 1. The first kappa shape index (κ1) is 18.7. The fourth-order valence-electron chi connectivity index (χ4n) is 3.37. The van der Waals surface area contributed by atoms with Gasteiger partial charge in [0.1, 0.15) is 5.82 Å². The van der Waals surface area contributed by atoms with E-state index >= 15 is 0 Å². The number of carbonyl (C=O) groups excluding carboxylic acids is 3. The van der Waals surface area contributed by atoms with Crippen molar-refractivity contribution in [3.63, 3.8) is 0 Å². The van der Waals surface area contributed by atoms with Crippen LogP contribution in [0.2, 0.25) is 0 Å². The number of nitrogens with two attached hydrogens (primary N) is 1. The van der Waals surface area contributed by atoms with E-state index in [4.69, 9.17) is 15.2 Å². The van der Waals surface area contributed by atoms with Crippen LogP contribution in [0.15, 0.2) is 30.3 Å². The number of amides is 3. The lowest BCUT2D eigenvalue weighted by Gasteiger charge is -2.17. The van der Waals surface area contributed by atoms with Crippen molar-refractivity contribution >= 4 is 29.1 Å². The summed E-state index contributed by atoms with van der Waals surface area (Å²) >= 11 is 0. The van der Waals surface area contributed by atoms with Gasteiger partial charge in [0, 0.05) is 41.5 Å². The lowest BCUT2D eigenvalue weighted by atomic mass is 10.1. The maximum Gasteiger partial charge on any atom is 0.248 e. The van der Waals surface area contributed by atoms with Gasteiger partial charge in [0.2, 0.25) is 24.5 Å². The molecule has 0 bridgehead atoms. The Balaban J connectivity index is 1.51. The van der Waals surface area contributed by atoms with Crippen LogP contribution in [0.4, 0.5) is 15.8 Å². The largest absolute Gasteiger partial charge is 0.454 e. The van der Waals surface area contributed by atoms with Crippen molar-refractivity contribution in [2.24, 2.45) is 11.7 Å². The first-order valence-electron chi connectivity index (χ1n) is 8.94. The van der Waals surface area contributed by atoms with E-state index < -0.39 is 23.5 Å². The third-order valence-electron chi connectivity index (χ3n) is 5.05. The summed E-state index contributed by atoms with van der Waals surface area (Å²) in [7, 11) is 0. The molecule has 2 aliphatic rings. The van der Waals surface area contributed by atoms with Gasteiger partial charge in [-0.1, -0.05) is 0 Å². The highest BCUT2D eigenvalue weighted by atomic mass is 19.1. The summed E-state index contributed by atoms with van der Waals surface area (Å²) in [5, 5.41) is 2.61. The van der Waals surface area contributed by atoms with E-state index in [2.05, 4.69) is 5.32 Å². The highest BCUT2D eigenvalue weighted by molar-refractivity contribution is 6.04. The van der Waals surface area contributed by atoms with E-state index in [0.717, 1.165) is 6.07 Å². The van der Waals surface area contributed by atoms with Crippen LogP contribution in [0.3, 0.4) is 0 Å². The number of ether oxygens (including phenoxy) is 2. The van der Waals surface area contributed by atoms with Gasteiger partial charge in [0.25, 0.3) is 0 Å². The van der Waals surface area contributed by atoms with Gasteiger partial charge in [-0.05, 0) is 31.2 Å². The molecule has 0 spiro atoms. The van der Waals surface area contributed by atoms with E-state index in [9.17, 15) is 18.8 Å². The van der Waals surface area contributed by atoms with Crippen molar-refractivity contribution in [3.05, 3.63) is 47.3 Å². The molecule has 1 fully saturated rings. The Morgan fingerprint density at radius 3 is 2.72 bits per heavy atom. The Bertz CT molecular complexity index is 1040. The Kier molecular flexibility index (Phi) is 4.57. The summed E-state index contributed by atoms with van der Waals surface area (Å²) in [6.07, 6.45) is 0.0112. The van der Waals surface area contributed by atoms with Gasteiger partial charge in [0.15, 0.2) is 11.5 Å². The van der Waals surface area contributed by atoms with Gasteiger partial charge in [0.05, 0.1) is 5.92 Å². The zero-order valence-corrected chi connectivity index (χ0v) is 15.5. The second-order valence-corrected chi connectivity index (χ2v) is 6.93. The Morgan fingerprint density at radius 1 is 1.21 bits per heavy atom. The quantitative estimate of drug-likeness (QED) is 0.816. The first-order valence-corrected chi connectivity index (χ1v) is 8.94. The average molecular weight is 399 g/mol. The summed E-state index contributed by atoms with van der Waals surface area (Å²) in [4.78, 5) is 38.0. The van der Waals surface area contributed by atoms with Gasteiger partial charge in [-0.3, -0.25) is 14.4 Å². The maximum absolute atomic E-state index is 14.0. The number of primary amides is 1. The third kappa shape index (κ3) is 3.46. The number of halogens is 1. The summed E-state index contributed by atoms with van der Waals surface area (Å²) in [5.41, 5.74) is 6.09. The van der Waals surface area contributed by atoms with Crippen LogP contribution in [0.5, 0.6) is 11.5 Å². The minimum Gasteiger partial charge on any atom is -0.454 e. The van der Waals surface area contributed by atoms with Gasteiger partial charge < -0.3 is 25.4 Å². The lowest BCUT2D eigenvalue weighted by molar-refractivity contribution is -0.122. The van der Waals surface area contributed by atoms with Crippen molar-refractivity contribution in [1.29, 1.82) is 0 Å². The van der Waals surface area contributed by atoms with Gasteiger partial charge >= 0.3 is 0 Å². The molecule has 1 atom stereocenters. The second-order valence-electron chi connectivity index (χ2n) is 6.93. The fraction of sp³-hybridized carbons (Fsp3) is 0.250. The number of fused-ring (bicyclic) bond motifs is 1. The molecule has 1 unspecified atom stereocenters. The highest BCUT2D eigenvalue weighted by Gasteiger charge is 2.36. The van der Waals surface area contributed by atoms with E-state index in [0.29, 0.717) is 17.2 Å². The molecule has 0 saturated carbocycles. The smallest absolute Gasteiger partial charge is 0.248 e. The number of hydrogen-bond donors (Lipinski definition) is 2. The topological polar surface area (TPSA) is 111 Å². The molecule has 2 heterocycles. The van der Waals surface area contributed by atoms with E-state index in [-0.39, 0.29) is 42.5 Å². The minimum absolute atomic E-state index is 0.0112. The normalized spacial score (nSPS) is 17.5. The lowest BCUT2D eigenvalue weighted by Crippen LogP contribution is -2.28. The monoisotopic (exact) mass is 399 g/mol. The SMILES string of the molecule is Cc1c(F)cc(C(N)=O)cc1NC(=O)C1CC(=O)N(c2ccc3c(c2)OCO3)C1. The van der Waals surface area contributed by atoms with Gasteiger partial charge in [-0.2, -0.15) is 0 Å². The minimum atomic E-state index is -0.801. The van der Waals surface area contributed by atoms with Crippen molar-refractivity contribution in [2.45, 2.75) is 13.3 Å². The van der Waals surface area contributed by atoms with E-state index in [1.165, 1.54) is 17.9 Å². The summed E-state index contributed by atoms with van der Waals surface area (Å²) in [5.74, 6) is -1.60. The average Bonchev–Trinajstić information content (AvgIpc) is 3.30. The van der Waals surface area contributed by atoms with Crippen LogP contribution in [0.25, 0.3) is 0 Å². The van der Waals surface area contributed by atoms with Gasteiger partial charge in [-0.25, -0.2) is 4.39 Å². The standard InChI is InChI=1S/C20H18FN3O5/c1-10-14(21)4-11(19(22)26)5-15(10)23-20(27)12-6-18(25)24(8-12)13-2-3-16-17(7-13)29-9-28-16/h2-5,7,12H,6,8-9H2,1H3,(H2,22,26)(H,23,27). The van der Waals surface area contributed by atoms with Crippen molar-refractivity contribution < 1.29 is 28.2 Å². The zero-order valence-electron chi connectivity index (χ0n) is 15.5. The number of anilines is 2. The number of nitrogens with one attached hydrogen (secondary N) is 1. The fourth-order valence-corrected chi connectivity index (χ4v) is 3.37. The predicted molar refractivity (Wildman–Crippen MR) is 101 cm³/mol. The first-order chi connectivity index (χ1) is 13.8. The van der Waals surface area contributed by atoms with Crippen LogP contribution < -0.4 is 25.4 Å². The van der Waals surface area contributed by atoms with Crippen molar-refractivity contribution in [1.82, 2.24) is 0 Å². The molecule has 3 amide bonds. The summed E-state index contributed by atoms with van der Waals surface area (Å²) in [6, 6.07) is 7.47. The molecule has 0 radical (unpaired) electrons. The number of rotatable bonds is 4. The van der Waals surface area contributed by atoms with Gasteiger partial charge in [-0.15, -0.1) is 0 Å². The molecular weight excluding hydrogens is 381 g/mol. The maximum atomic E-state index is 14.0. The molecule has 2 aliphatic heterocycles. The van der Waals surface area contributed by atoms with Crippen LogP contribution in [0, 0.1) is 18.7 Å². The summed E-state index contributed by atoms with van der Waals surface area (Å²) < 4.78 is 24.6. The molecule has 1 saturated heterocycles. The Hall–Kier alpha value is -3.62. The molecular formula is C20H18FN3O5. The van der Waals surface area contributed by atoms with Crippen molar-refractivity contribution in [2.75, 3.05) is 23.6 Å². The molecule has 2 aromatic carbocycles. The van der Waals surface area contributed by atoms with E-state index in [1.807, 2.05) is 0 Å². The van der Waals surface area contributed by atoms with Crippen LogP contribution in [-0.2, 0) is 9.59 Å². The Morgan fingerprint density at radius 2 is 1.97 bits per heavy atom. The predicted octanol–water partition coefficient (Wildman–Crippen LogP) is 1.95. The molecule has 2 aromatic rings. The molecule has 0 aliphatic carbocycles. The molecule has 3 N–H and O–H groups in total. The number of benzene rings is 2. The Labute approximate surface area is 165 Å². The summed E-state index contributed by atoms with van der Waals surface area (Å²) in [6.45, 7) is 1.77. The third-order valence-corrected chi connectivity index (χ3v) is 5.05. The number of carbonyl (C=O) groups is 3. The molecule has 9 heteroatoms. The van der Waals surface area contributed by atoms with Crippen LogP contribution in [-0.4, -0.2) is 31.1 Å². The molecule has 150 valence electrons. The molecule has 29 heavy (non-hydrogen) atoms. The highest BCUT2D eigenvalue weighted by Crippen LogP contribution is 2.37. The zero-order chi connectivity index (χ0) is 20.7. The van der Waals surface area contributed by atoms with Crippen LogP contribution >= 0.6 is 0 Å². The van der Waals surface area contributed by atoms with E-state index in [1.54, 1.807) is 18.2 Å². The van der Waals surface area contributed by atoms with Crippen LogP contribution in [0.1, 0.15) is 22.3 Å². The van der Waals surface area contributed by atoms with Crippen molar-refractivity contribution in [3.8, 4) is 11.5 Å². The number of hydrogen-bond acceptors (Lipinski definition) is 5.